The van der Waals surface area contributed by atoms with E-state index in [9.17, 15) is 4.39 Å². The van der Waals surface area contributed by atoms with Crippen LogP contribution in [0, 0.1) is 6.92 Å². The quantitative estimate of drug-likeness (QED) is 0.788. The molecule has 0 aliphatic carbocycles. The molecule has 1 nitrogen and oxygen atoms in total. The molecule has 0 aliphatic rings. The fraction of sp³-hybridized carbons (Fsp3) is 0.500. The van der Waals surface area contributed by atoms with Crippen molar-refractivity contribution in [3.8, 4) is 0 Å². The van der Waals surface area contributed by atoms with Gasteiger partial charge in [0.1, 0.15) is 6.17 Å². The van der Waals surface area contributed by atoms with Gasteiger partial charge in [-0.15, -0.1) is 0 Å². The summed E-state index contributed by atoms with van der Waals surface area (Å²) in [4.78, 5) is 0. The normalized spacial score (nSPS) is 14.1. The summed E-state index contributed by atoms with van der Waals surface area (Å²) in [6.45, 7) is 5.45. The molecule has 0 aliphatic heterocycles. The van der Waals surface area contributed by atoms with E-state index in [1.807, 2.05) is 31.2 Å². The topological polar surface area (TPSA) is 26.0 Å². The third-order valence-corrected chi connectivity index (χ3v) is 2.34. The van der Waals surface area contributed by atoms with E-state index in [0.29, 0.717) is 6.42 Å². The number of rotatable bonds is 3. The van der Waals surface area contributed by atoms with E-state index in [4.69, 9.17) is 5.73 Å². The van der Waals surface area contributed by atoms with Crippen LogP contribution in [-0.2, 0) is 6.42 Å². The molecule has 0 heterocycles. The Morgan fingerprint density at radius 1 is 1.29 bits per heavy atom. The third-order valence-electron chi connectivity index (χ3n) is 2.34. The molecular weight excluding hydrogens is 177 g/mol. The predicted molar refractivity (Wildman–Crippen MR) is 58.0 cm³/mol. The molecule has 0 aromatic heterocycles. The fourth-order valence-electron chi connectivity index (χ4n) is 1.19. The van der Waals surface area contributed by atoms with Gasteiger partial charge in [-0.25, -0.2) is 4.39 Å². The van der Waals surface area contributed by atoms with Crippen LogP contribution in [0.3, 0.4) is 0 Å². The smallest absolute Gasteiger partial charge is 0.121 e. The summed E-state index contributed by atoms with van der Waals surface area (Å²) in [5, 5.41) is 0. The van der Waals surface area contributed by atoms with E-state index in [-0.39, 0.29) is 0 Å². The maximum atomic E-state index is 13.6. The van der Waals surface area contributed by atoms with Crippen LogP contribution in [0.2, 0.25) is 0 Å². The van der Waals surface area contributed by atoms with Crippen molar-refractivity contribution in [2.45, 2.75) is 38.9 Å². The SMILES string of the molecule is Cc1ccc(CC(F)C(C)(C)N)cc1. The standard InChI is InChI=1S/C12H18FN/c1-9-4-6-10(7-5-9)8-11(13)12(2,3)14/h4-7,11H,8,14H2,1-3H3. The monoisotopic (exact) mass is 195 g/mol. The molecule has 1 aromatic rings. The van der Waals surface area contributed by atoms with Crippen molar-refractivity contribution in [3.63, 3.8) is 0 Å². The zero-order chi connectivity index (χ0) is 10.8. The van der Waals surface area contributed by atoms with Crippen LogP contribution >= 0.6 is 0 Å². The third kappa shape index (κ3) is 3.11. The molecule has 1 unspecified atom stereocenters. The highest BCUT2D eigenvalue weighted by atomic mass is 19.1. The molecule has 14 heavy (non-hydrogen) atoms. The van der Waals surface area contributed by atoms with Crippen LogP contribution in [0.15, 0.2) is 24.3 Å². The Labute approximate surface area is 85.1 Å². The largest absolute Gasteiger partial charge is 0.323 e. The molecule has 2 heteroatoms. The van der Waals surface area contributed by atoms with E-state index in [1.165, 1.54) is 5.56 Å². The summed E-state index contributed by atoms with van der Waals surface area (Å²) in [5.41, 5.74) is 7.12. The summed E-state index contributed by atoms with van der Waals surface area (Å²) in [5.74, 6) is 0. The maximum absolute atomic E-state index is 13.6. The molecule has 0 amide bonds. The minimum Gasteiger partial charge on any atom is -0.323 e. The second kappa shape index (κ2) is 4.09. The van der Waals surface area contributed by atoms with Crippen molar-refractivity contribution in [1.29, 1.82) is 0 Å². The minimum absolute atomic E-state index is 0.393. The van der Waals surface area contributed by atoms with Gasteiger partial charge in [0, 0.05) is 12.0 Å². The Bertz CT molecular complexity index is 284. The van der Waals surface area contributed by atoms with Crippen LogP contribution in [0.4, 0.5) is 4.39 Å². The first-order valence-corrected chi connectivity index (χ1v) is 4.88. The first-order valence-electron chi connectivity index (χ1n) is 4.88. The summed E-state index contributed by atoms with van der Waals surface area (Å²) in [6, 6.07) is 7.89. The van der Waals surface area contributed by atoms with E-state index >= 15 is 0 Å². The number of benzene rings is 1. The van der Waals surface area contributed by atoms with Crippen LogP contribution in [0.1, 0.15) is 25.0 Å². The number of aryl methyl sites for hydroxylation is 1. The average molecular weight is 195 g/mol. The second-order valence-corrected chi connectivity index (χ2v) is 4.48. The van der Waals surface area contributed by atoms with Gasteiger partial charge in [0.25, 0.3) is 0 Å². The number of nitrogens with two attached hydrogens (primary N) is 1. The van der Waals surface area contributed by atoms with Crippen molar-refractivity contribution in [1.82, 2.24) is 0 Å². The van der Waals surface area contributed by atoms with E-state index < -0.39 is 11.7 Å². The fourth-order valence-corrected chi connectivity index (χ4v) is 1.19. The first-order chi connectivity index (χ1) is 6.39. The van der Waals surface area contributed by atoms with E-state index in [2.05, 4.69) is 0 Å². The molecule has 0 saturated heterocycles. The summed E-state index contributed by atoms with van der Waals surface area (Å²) in [7, 11) is 0. The predicted octanol–water partition coefficient (Wildman–Crippen LogP) is 2.61. The van der Waals surface area contributed by atoms with E-state index in [0.717, 1.165) is 5.56 Å². The lowest BCUT2D eigenvalue weighted by molar-refractivity contribution is 0.218. The molecule has 0 bridgehead atoms. The Kier molecular flexibility index (Phi) is 3.27. The van der Waals surface area contributed by atoms with Gasteiger partial charge in [0.05, 0.1) is 0 Å². The van der Waals surface area contributed by atoms with Gasteiger partial charge in [-0.05, 0) is 26.3 Å². The highest BCUT2D eigenvalue weighted by Gasteiger charge is 2.24. The molecule has 1 aromatic carbocycles. The lowest BCUT2D eigenvalue weighted by atomic mass is 9.94. The Hall–Kier alpha value is -0.890. The average Bonchev–Trinajstić information content (AvgIpc) is 2.07. The van der Waals surface area contributed by atoms with Gasteiger partial charge < -0.3 is 5.73 Å². The van der Waals surface area contributed by atoms with Gasteiger partial charge in [0.2, 0.25) is 0 Å². The Morgan fingerprint density at radius 2 is 1.79 bits per heavy atom. The van der Waals surface area contributed by atoms with Gasteiger partial charge >= 0.3 is 0 Å². The number of hydrogen-bond acceptors (Lipinski definition) is 1. The molecule has 78 valence electrons. The summed E-state index contributed by atoms with van der Waals surface area (Å²) < 4.78 is 13.6. The second-order valence-electron chi connectivity index (χ2n) is 4.48. The summed E-state index contributed by atoms with van der Waals surface area (Å²) in [6.07, 6.45) is -0.603. The van der Waals surface area contributed by atoms with Crippen molar-refractivity contribution >= 4 is 0 Å². The van der Waals surface area contributed by atoms with Crippen LogP contribution in [0.5, 0.6) is 0 Å². The van der Waals surface area contributed by atoms with Crippen molar-refractivity contribution in [3.05, 3.63) is 35.4 Å². The molecule has 0 radical (unpaired) electrons. The van der Waals surface area contributed by atoms with Crippen LogP contribution in [0.25, 0.3) is 0 Å². The lowest BCUT2D eigenvalue weighted by Gasteiger charge is -2.23. The molecular formula is C12H18FN. The zero-order valence-electron chi connectivity index (χ0n) is 9.05. The Balaban J connectivity index is 2.65. The van der Waals surface area contributed by atoms with Gasteiger partial charge in [-0.2, -0.15) is 0 Å². The van der Waals surface area contributed by atoms with Crippen molar-refractivity contribution in [2.24, 2.45) is 5.73 Å². The first kappa shape index (κ1) is 11.2. The highest BCUT2D eigenvalue weighted by molar-refractivity contribution is 5.22. The van der Waals surface area contributed by atoms with Gasteiger partial charge in [-0.3, -0.25) is 0 Å². The Morgan fingerprint density at radius 3 is 2.21 bits per heavy atom. The van der Waals surface area contributed by atoms with Gasteiger partial charge in [-0.1, -0.05) is 29.8 Å². The van der Waals surface area contributed by atoms with Crippen LogP contribution in [-0.4, -0.2) is 11.7 Å². The molecule has 0 spiro atoms. The lowest BCUT2D eigenvalue weighted by Crippen LogP contribution is -2.43. The highest BCUT2D eigenvalue weighted by Crippen LogP contribution is 2.15. The molecule has 0 fully saturated rings. The number of hydrogen-bond donors (Lipinski definition) is 1. The minimum atomic E-state index is -0.995. The van der Waals surface area contributed by atoms with Crippen molar-refractivity contribution in [2.75, 3.05) is 0 Å². The molecule has 1 atom stereocenters. The van der Waals surface area contributed by atoms with E-state index in [1.54, 1.807) is 13.8 Å². The molecule has 1 rings (SSSR count). The summed E-state index contributed by atoms with van der Waals surface area (Å²) >= 11 is 0. The molecule has 2 N–H and O–H groups in total. The van der Waals surface area contributed by atoms with Crippen LogP contribution < -0.4 is 5.73 Å². The number of halogens is 1. The molecule has 0 saturated carbocycles. The zero-order valence-corrected chi connectivity index (χ0v) is 9.05. The van der Waals surface area contributed by atoms with Gasteiger partial charge in [0.15, 0.2) is 0 Å². The number of alkyl halides is 1. The van der Waals surface area contributed by atoms with Crippen molar-refractivity contribution < 1.29 is 4.39 Å². The maximum Gasteiger partial charge on any atom is 0.121 e.